The van der Waals surface area contributed by atoms with Gasteiger partial charge in [-0.2, -0.15) is 13.2 Å². The van der Waals surface area contributed by atoms with Gasteiger partial charge in [0, 0.05) is 30.7 Å². The minimum Gasteiger partial charge on any atom is -0.489 e. The van der Waals surface area contributed by atoms with Crippen molar-refractivity contribution < 1.29 is 23.0 Å². The van der Waals surface area contributed by atoms with Gasteiger partial charge >= 0.3 is 6.18 Å². The molecule has 0 radical (unpaired) electrons. The largest absolute Gasteiger partial charge is 0.489 e. The number of rotatable bonds is 6. The van der Waals surface area contributed by atoms with Crippen LogP contribution in [0.25, 0.3) is 28.1 Å². The van der Waals surface area contributed by atoms with Gasteiger partial charge in [0.2, 0.25) is 0 Å². The summed E-state index contributed by atoms with van der Waals surface area (Å²) in [6.45, 7) is 0.429. The Labute approximate surface area is 192 Å². The maximum absolute atomic E-state index is 14.1. The van der Waals surface area contributed by atoms with Crippen LogP contribution in [0.1, 0.15) is 18.0 Å². The van der Waals surface area contributed by atoms with Crippen molar-refractivity contribution in [2.24, 2.45) is 5.73 Å². The van der Waals surface area contributed by atoms with Crippen molar-refractivity contribution in [2.75, 3.05) is 26.3 Å². The number of nitrogens with zero attached hydrogens (tertiary/aromatic N) is 5. The van der Waals surface area contributed by atoms with Crippen molar-refractivity contribution >= 4 is 16.6 Å². The van der Waals surface area contributed by atoms with E-state index in [2.05, 4.69) is 15.2 Å². The number of pyridine rings is 2. The Morgan fingerprint density at radius 2 is 2.00 bits per heavy atom. The number of aliphatic hydroxyl groups is 1. The third kappa shape index (κ3) is 4.17. The molecule has 5 rings (SSSR count). The molecule has 1 fully saturated rings. The average Bonchev–Trinajstić information content (AvgIpc) is 3.42. The highest BCUT2D eigenvalue weighted by molar-refractivity contribution is 5.86. The fraction of sp³-hybridized carbons (Fsp3) is 0.348. The number of benzene rings is 1. The molecule has 4 aromatic rings. The number of nitrogens with two attached hydrogens (primary N) is 1. The van der Waals surface area contributed by atoms with Crippen LogP contribution in [-0.2, 0) is 0 Å². The number of aliphatic hydroxyl groups excluding tert-OH is 1. The predicted molar refractivity (Wildman–Crippen MR) is 119 cm³/mol. The van der Waals surface area contributed by atoms with Gasteiger partial charge in [0.15, 0.2) is 11.5 Å². The van der Waals surface area contributed by atoms with Crippen LogP contribution < -0.4 is 10.5 Å². The number of hydrogen-bond acceptors (Lipinski definition) is 7. The molecule has 11 heteroatoms. The lowest BCUT2D eigenvalue weighted by Gasteiger charge is -2.30. The lowest BCUT2D eigenvalue weighted by Crippen LogP contribution is -2.38. The minimum atomic E-state index is -4.47. The maximum atomic E-state index is 14.1. The molecule has 0 bridgehead atoms. The van der Waals surface area contributed by atoms with Crippen molar-refractivity contribution in [3.8, 4) is 17.3 Å². The fourth-order valence-corrected chi connectivity index (χ4v) is 4.42. The highest BCUT2D eigenvalue weighted by Crippen LogP contribution is 2.39. The van der Waals surface area contributed by atoms with Gasteiger partial charge in [0.25, 0.3) is 0 Å². The number of para-hydroxylation sites is 1. The first-order valence-corrected chi connectivity index (χ1v) is 10.9. The van der Waals surface area contributed by atoms with Gasteiger partial charge in [0.1, 0.15) is 29.6 Å². The molecule has 1 aliphatic heterocycles. The van der Waals surface area contributed by atoms with Gasteiger partial charge in [-0.05, 0) is 30.2 Å². The molecule has 8 nitrogen and oxygen atoms in total. The zero-order chi connectivity index (χ0) is 23.9. The topological polar surface area (TPSA) is 102 Å². The van der Waals surface area contributed by atoms with E-state index in [-0.39, 0.29) is 37.9 Å². The van der Waals surface area contributed by atoms with Crippen LogP contribution in [0.5, 0.6) is 5.75 Å². The Morgan fingerprint density at radius 1 is 1.15 bits per heavy atom. The number of hydrogen-bond donors (Lipinski definition) is 2. The van der Waals surface area contributed by atoms with Crippen molar-refractivity contribution in [2.45, 2.75) is 24.7 Å². The number of ether oxygens (including phenoxy) is 1. The molecule has 2 atom stereocenters. The summed E-state index contributed by atoms with van der Waals surface area (Å²) in [5.41, 5.74) is 7.36. The molecular formula is C23H23F3N6O2. The van der Waals surface area contributed by atoms with E-state index >= 15 is 0 Å². The molecule has 0 amide bonds. The van der Waals surface area contributed by atoms with Crippen LogP contribution >= 0.6 is 0 Å². The molecule has 178 valence electrons. The van der Waals surface area contributed by atoms with E-state index in [0.717, 1.165) is 5.39 Å². The number of likely N-dealkylation sites (tertiary alicyclic amines) is 1. The first-order chi connectivity index (χ1) is 16.3. The smallest absolute Gasteiger partial charge is 0.408 e. The summed E-state index contributed by atoms with van der Waals surface area (Å²) in [6.07, 6.45) is -2.52. The van der Waals surface area contributed by atoms with Crippen molar-refractivity contribution in [1.29, 1.82) is 0 Å². The zero-order valence-corrected chi connectivity index (χ0v) is 18.1. The van der Waals surface area contributed by atoms with Gasteiger partial charge in [-0.15, -0.1) is 10.2 Å². The Kier molecular flexibility index (Phi) is 5.84. The minimum absolute atomic E-state index is 0.0860. The Hall–Kier alpha value is -3.28. The summed E-state index contributed by atoms with van der Waals surface area (Å²) >= 11 is 0. The molecule has 0 saturated carbocycles. The standard InChI is InChI=1S/C23H23F3N6O2/c24-23(25,26)21(31-9-8-16(27)13-31)15-5-7-19-29-30-22(32(19)12-15)17-6-4-14-2-1-3-18(20(14)28-17)34-11-10-33/h1-7,12,16,21,33H,8-11,13,27H2. The monoisotopic (exact) mass is 472 g/mol. The maximum Gasteiger partial charge on any atom is 0.408 e. The lowest BCUT2D eigenvalue weighted by molar-refractivity contribution is -0.183. The molecule has 0 spiro atoms. The number of halogens is 3. The van der Waals surface area contributed by atoms with Gasteiger partial charge < -0.3 is 15.6 Å². The summed E-state index contributed by atoms with van der Waals surface area (Å²) in [5, 5.41) is 18.2. The van der Waals surface area contributed by atoms with Crippen molar-refractivity contribution in [1.82, 2.24) is 24.5 Å². The summed E-state index contributed by atoms with van der Waals surface area (Å²) in [5.74, 6) is 0.806. The summed E-state index contributed by atoms with van der Waals surface area (Å²) in [4.78, 5) is 6.02. The molecule has 3 aromatic heterocycles. The van der Waals surface area contributed by atoms with Crippen LogP contribution in [-0.4, -0.2) is 68.1 Å². The summed E-state index contributed by atoms with van der Waals surface area (Å²) in [7, 11) is 0. The molecular weight excluding hydrogens is 449 g/mol. The van der Waals surface area contributed by atoms with E-state index in [1.807, 2.05) is 18.2 Å². The molecule has 3 N–H and O–H groups in total. The zero-order valence-electron chi connectivity index (χ0n) is 18.1. The van der Waals surface area contributed by atoms with E-state index in [1.54, 1.807) is 12.1 Å². The first kappa shape index (κ1) is 22.5. The number of alkyl halides is 3. The fourth-order valence-electron chi connectivity index (χ4n) is 4.42. The Morgan fingerprint density at radius 3 is 2.74 bits per heavy atom. The predicted octanol–water partition coefficient (Wildman–Crippen LogP) is 2.95. The molecule has 1 aromatic carbocycles. The van der Waals surface area contributed by atoms with Gasteiger partial charge in [-0.1, -0.05) is 24.3 Å². The van der Waals surface area contributed by atoms with E-state index in [4.69, 9.17) is 15.6 Å². The van der Waals surface area contributed by atoms with Gasteiger partial charge in [-0.25, -0.2) is 4.98 Å². The normalized spacial score (nSPS) is 18.1. The molecule has 0 aliphatic carbocycles. The second kappa shape index (κ2) is 8.82. The first-order valence-electron chi connectivity index (χ1n) is 10.9. The lowest BCUT2D eigenvalue weighted by atomic mass is 10.1. The Balaban J connectivity index is 1.59. The molecule has 1 aliphatic rings. The Bertz CT molecular complexity index is 1330. The molecule has 1 saturated heterocycles. The SMILES string of the molecule is NC1CCN(C(c2ccc3nnc(-c4ccc5cccc(OCCO)c5n4)n3c2)C(F)(F)F)C1. The average molecular weight is 472 g/mol. The highest BCUT2D eigenvalue weighted by atomic mass is 19.4. The summed E-state index contributed by atoms with van der Waals surface area (Å²) in [6, 6.07) is 9.90. The van der Waals surface area contributed by atoms with Crippen molar-refractivity contribution in [3.63, 3.8) is 0 Å². The molecule has 34 heavy (non-hydrogen) atoms. The number of fused-ring (bicyclic) bond motifs is 2. The van der Waals surface area contributed by atoms with E-state index in [0.29, 0.717) is 34.9 Å². The third-order valence-electron chi connectivity index (χ3n) is 5.93. The van der Waals surface area contributed by atoms with Crippen LogP contribution in [0.3, 0.4) is 0 Å². The third-order valence-corrected chi connectivity index (χ3v) is 5.93. The van der Waals surface area contributed by atoms with Gasteiger partial charge in [-0.3, -0.25) is 9.30 Å². The van der Waals surface area contributed by atoms with E-state index in [1.165, 1.54) is 27.6 Å². The highest BCUT2D eigenvalue weighted by Gasteiger charge is 2.46. The summed E-state index contributed by atoms with van der Waals surface area (Å²) < 4.78 is 49.4. The quantitative estimate of drug-likeness (QED) is 0.445. The van der Waals surface area contributed by atoms with Crippen LogP contribution in [0.2, 0.25) is 0 Å². The van der Waals surface area contributed by atoms with Crippen LogP contribution in [0, 0.1) is 0 Å². The molecule has 4 heterocycles. The second-order valence-electron chi connectivity index (χ2n) is 8.30. The van der Waals surface area contributed by atoms with Crippen LogP contribution in [0.15, 0.2) is 48.7 Å². The van der Waals surface area contributed by atoms with Gasteiger partial charge in [0.05, 0.1) is 6.61 Å². The number of aromatic nitrogens is 4. The van der Waals surface area contributed by atoms with Crippen LogP contribution in [0.4, 0.5) is 13.2 Å². The van der Waals surface area contributed by atoms with E-state index < -0.39 is 12.2 Å². The van der Waals surface area contributed by atoms with Crippen molar-refractivity contribution in [3.05, 3.63) is 54.2 Å². The van der Waals surface area contributed by atoms with E-state index in [9.17, 15) is 13.2 Å². The molecule has 2 unspecified atom stereocenters. The second-order valence-corrected chi connectivity index (χ2v) is 8.30.